The summed E-state index contributed by atoms with van der Waals surface area (Å²) < 4.78 is 34.2. The molecule has 238 valence electrons. The first kappa shape index (κ1) is 30.9. The second-order valence-corrected chi connectivity index (χ2v) is 11.4. The standard InChI is InChI=1S/C33H31ClFN5O6/c1-39-16-25(34)31(38-39)33(43)40-11-10-28-27(17-40)37-32(42)24-13-20(7-9-26(24)35)19-4-3-5-22(12-19)45-18-30(41)36-15-21-6-8-23(46-28)14-29(21)44-2/h3-9,12-14,16,27-28H,10-11,15,17-18H2,1-2H3,(H,36,41)(H,37,42)/t27-,28+/m1/s1. The molecular weight excluding hydrogens is 617 g/mol. The van der Waals surface area contributed by atoms with Crippen LogP contribution in [0.15, 0.2) is 66.9 Å². The molecule has 2 N–H and O–H groups in total. The summed E-state index contributed by atoms with van der Waals surface area (Å²) in [6, 6.07) is 15.6. The van der Waals surface area contributed by atoms with Crippen LogP contribution in [-0.4, -0.2) is 71.4 Å². The number of piperidine rings is 1. The highest BCUT2D eigenvalue weighted by Crippen LogP contribution is 2.30. The first-order chi connectivity index (χ1) is 22.2. The van der Waals surface area contributed by atoms with Crippen LogP contribution in [0.25, 0.3) is 11.1 Å². The maximum Gasteiger partial charge on any atom is 0.275 e. The molecule has 1 fully saturated rings. The third-order valence-electron chi connectivity index (χ3n) is 7.91. The smallest absolute Gasteiger partial charge is 0.275 e. The Morgan fingerprint density at radius 1 is 1.09 bits per heavy atom. The van der Waals surface area contributed by atoms with Crippen LogP contribution in [0.4, 0.5) is 4.39 Å². The van der Waals surface area contributed by atoms with Gasteiger partial charge >= 0.3 is 0 Å². The van der Waals surface area contributed by atoms with Crippen LogP contribution in [0.2, 0.25) is 5.02 Å². The monoisotopic (exact) mass is 647 g/mol. The Balaban J connectivity index is 1.36. The number of hydrogen-bond donors (Lipinski definition) is 2. The number of carbonyl (C=O) groups is 3. The first-order valence-corrected chi connectivity index (χ1v) is 15.0. The molecule has 13 heteroatoms. The Bertz CT molecular complexity index is 1810. The molecule has 4 aromatic rings. The predicted molar refractivity (Wildman–Crippen MR) is 167 cm³/mol. The van der Waals surface area contributed by atoms with Crippen LogP contribution in [-0.2, 0) is 18.4 Å². The highest BCUT2D eigenvalue weighted by Gasteiger charge is 2.36. The van der Waals surface area contributed by atoms with Crippen LogP contribution in [0.3, 0.4) is 0 Å². The number of benzene rings is 3. The molecule has 3 aromatic carbocycles. The minimum atomic E-state index is -0.733. The molecule has 1 saturated heterocycles. The minimum Gasteiger partial charge on any atom is -0.496 e. The highest BCUT2D eigenvalue weighted by molar-refractivity contribution is 6.33. The van der Waals surface area contributed by atoms with Crippen LogP contribution in [0.5, 0.6) is 17.2 Å². The van der Waals surface area contributed by atoms with Gasteiger partial charge < -0.3 is 29.7 Å². The average Bonchev–Trinajstić information content (AvgIpc) is 3.40. The van der Waals surface area contributed by atoms with Gasteiger partial charge in [-0.15, -0.1) is 0 Å². The van der Waals surface area contributed by atoms with Gasteiger partial charge in [0.15, 0.2) is 12.3 Å². The Morgan fingerprint density at radius 3 is 2.70 bits per heavy atom. The molecule has 3 aliphatic rings. The van der Waals surface area contributed by atoms with Crippen molar-refractivity contribution in [1.29, 1.82) is 0 Å². The van der Waals surface area contributed by atoms with E-state index < -0.39 is 29.8 Å². The van der Waals surface area contributed by atoms with Crippen molar-refractivity contribution < 1.29 is 33.0 Å². The van der Waals surface area contributed by atoms with Gasteiger partial charge in [-0.05, 0) is 47.5 Å². The quantitative estimate of drug-likeness (QED) is 0.337. The van der Waals surface area contributed by atoms with Gasteiger partial charge in [0.25, 0.3) is 17.7 Å². The largest absolute Gasteiger partial charge is 0.496 e. The van der Waals surface area contributed by atoms with Gasteiger partial charge in [-0.3, -0.25) is 19.1 Å². The summed E-state index contributed by atoms with van der Waals surface area (Å²) in [7, 11) is 3.18. The molecule has 7 rings (SSSR count). The summed E-state index contributed by atoms with van der Waals surface area (Å²) in [5, 5.41) is 10.2. The van der Waals surface area contributed by atoms with E-state index in [4.69, 9.17) is 25.8 Å². The average molecular weight is 648 g/mol. The highest BCUT2D eigenvalue weighted by atomic mass is 35.5. The van der Waals surface area contributed by atoms with Gasteiger partial charge in [0.2, 0.25) is 0 Å². The molecule has 3 aliphatic heterocycles. The van der Waals surface area contributed by atoms with Crippen molar-refractivity contribution in [2.45, 2.75) is 25.1 Å². The maximum atomic E-state index is 15.2. The fraction of sp³-hybridized carbons (Fsp3) is 0.273. The van der Waals surface area contributed by atoms with E-state index in [2.05, 4.69) is 15.7 Å². The van der Waals surface area contributed by atoms with Crippen LogP contribution in [0.1, 0.15) is 32.8 Å². The number of ether oxygens (including phenoxy) is 3. The van der Waals surface area contributed by atoms with Gasteiger partial charge in [0.05, 0.1) is 23.7 Å². The number of likely N-dealkylation sites (tertiary alicyclic amines) is 1. The molecule has 0 radical (unpaired) electrons. The molecule has 4 heterocycles. The molecule has 11 nitrogen and oxygen atoms in total. The lowest BCUT2D eigenvalue weighted by Gasteiger charge is -2.38. The van der Waals surface area contributed by atoms with Crippen molar-refractivity contribution >= 4 is 29.3 Å². The summed E-state index contributed by atoms with van der Waals surface area (Å²) in [4.78, 5) is 41.2. The van der Waals surface area contributed by atoms with Gasteiger partial charge in [-0.2, -0.15) is 5.10 Å². The normalized spacial score (nSPS) is 18.4. The lowest BCUT2D eigenvalue weighted by Crippen LogP contribution is -2.58. The number of rotatable bonds is 2. The van der Waals surface area contributed by atoms with Crippen LogP contribution < -0.4 is 24.8 Å². The molecule has 3 amide bonds. The Kier molecular flexibility index (Phi) is 8.80. The number of amides is 3. The molecule has 1 aromatic heterocycles. The van der Waals surface area contributed by atoms with Crippen LogP contribution in [0, 0.1) is 5.82 Å². The van der Waals surface area contributed by atoms with E-state index in [1.54, 1.807) is 60.5 Å². The van der Waals surface area contributed by atoms with E-state index in [0.29, 0.717) is 46.9 Å². The Labute approximate surface area is 269 Å². The van der Waals surface area contributed by atoms with Gasteiger partial charge in [-0.25, -0.2) is 4.39 Å². The maximum absolute atomic E-state index is 15.2. The van der Waals surface area contributed by atoms with Gasteiger partial charge in [0, 0.05) is 50.9 Å². The molecule has 0 aliphatic carbocycles. The van der Waals surface area contributed by atoms with E-state index >= 15 is 4.39 Å². The van der Waals surface area contributed by atoms with Crippen molar-refractivity contribution in [2.24, 2.45) is 7.05 Å². The number of halogens is 2. The zero-order valence-electron chi connectivity index (χ0n) is 25.1. The summed E-state index contributed by atoms with van der Waals surface area (Å²) in [5.41, 5.74) is 1.86. The number of fused-ring (bicyclic) bond motifs is 7. The van der Waals surface area contributed by atoms with Crippen molar-refractivity contribution in [3.05, 3.63) is 94.5 Å². The molecule has 0 saturated carbocycles. The second-order valence-electron chi connectivity index (χ2n) is 11.0. The zero-order valence-corrected chi connectivity index (χ0v) is 25.8. The molecule has 0 spiro atoms. The molecule has 2 atom stereocenters. The van der Waals surface area contributed by atoms with Crippen molar-refractivity contribution in [3.8, 4) is 28.4 Å². The summed E-state index contributed by atoms with van der Waals surface area (Å²) in [6.45, 7) is 0.328. The number of nitrogens with zero attached hydrogens (tertiary/aromatic N) is 3. The predicted octanol–water partition coefficient (Wildman–Crippen LogP) is 3.99. The first-order valence-electron chi connectivity index (χ1n) is 14.6. The third kappa shape index (κ3) is 6.62. The van der Waals surface area contributed by atoms with Gasteiger partial charge in [0.1, 0.15) is 29.2 Å². The van der Waals surface area contributed by atoms with E-state index in [1.165, 1.54) is 30.1 Å². The summed E-state index contributed by atoms with van der Waals surface area (Å²) in [5.74, 6) is -0.749. The number of aromatic nitrogens is 2. The minimum absolute atomic E-state index is 0.0596. The molecule has 6 bridgehead atoms. The molecular formula is C33H31ClFN5O6. The van der Waals surface area contributed by atoms with E-state index in [1.807, 2.05) is 0 Å². The topological polar surface area (TPSA) is 124 Å². The number of aryl methyl sites for hydroxylation is 1. The van der Waals surface area contributed by atoms with Crippen molar-refractivity contribution in [1.82, 2.24) is 25.3 Å². The molecule has 0 unspecified atom stereocenters. The number of carbonyl (C=O) groups excluding carboxylic acids is 3. The lowest BCUT2D eigenvalue weighted by molar-refractivity contribution is -0.123. The fourth-order valence-corrected chi connectivity index (χ4v) is 5.81. The van der Waals surface area contributed by atoms with Crippen LogP contribution >= 0.6 is 11.6 Å². The Morgan fingerprint density at radius 2 is 1.91 bits per heavy atom. The van der Waals surface area contributed by atoms with E-state index in [9.17, 15) is 14.4 Å². The van der Waals surface area contributed by atoms with Gasteiger partial charge in [-0.1, -0.05) is 29.8 Å². The molecule has 46 heavy (non-hydrogen) atoms. The lowest BCUT2D eigenvalue weighted by atomic mass is 9.99. The zero-order chi connectivity index (χ0) is 32.4. The second kappa shape index (κ2) is 13.1. The SMILES string of the molecule is COc1cc2ccc1CNC(=O)COc1cccc(c1)-c1ccc(F)c(c1)C(=O)N[C@@H]1CN(C(=O)c3nn(C)cc3Cl)CC[C@@H]1O2. The number of hydrogen-bond acceptors (Lipinski definition) is 7. The number of nitrogens with one attached hydrogen (secondary N) is 2. The van der Waals surface area contributed by atoms with E-state index in [0.717, 1.165) is 0 Å². The van der Waals surface area contributed by atoms with Crippen molar-refractivity contribution in [2.75, 3.05) is 26.8 Å². The van der Waals surface area contributed by atoms with E-state index in [-0.39, 0.29) is 41.9 Å². The third-order valence-corrected chi connectivity index (χ3v) is 8.19. The van der Waals surface area contributed by atoms with Crippen molar-refractivity contribution in [3.63, 3.8) is 0 Å². The fourth-order valence-electron chi connectivity index (χ4n) is 5.55. The Hall–Kier alpha value is -5.10. The number of methoxy groups -OCH3 is 1. The summed E-state index contributed by atoms with van der Waals surface area (Å²) in [6.07, 6.45) is 1.29. The summed E-state index contributed by atoms with van der Waals surface area (Å²) >= 11 is 6.26.